The van der Waals surface area contributed by atoms with E-state index in [1.54, 1.807) is 14.0 Å². The Kier molecular flexibility index (Phi) is 12.0. The van der Waals surface area contributed by atoms with E-state index in [1.165, 1.54) is 6.92 Å². The van der Waals surface area contributed by atoms with Crippen LogP contribution in [0.4, 0.5) is 0 Å². The van der Waals surface area contributed by atoms with E-state index in [4.69, 9.17) is 14.2 Å². The molecule has 2 N–H and O–H groups in total. The van der Waals surface area contributed by atoms with Gasteiger partial charge in [0.25, 0.3) is 0 Å². The normalized spacial score (nSPS) is 11.6. The number of carbonyl (C=O) groups is 3. The van der Waals surface area contributed by atoms with E-state index in [0.29, 0.717) is 13.2 Å². The maximum Gasteiger partial charge on any atom is 0.328 e. The molecule has 0 aromatic carbocycles. The van der Waals surface area contributed by atoms with Crippen molar-refractivity contribution in [1.29, 1.82) is 0 Å². The minimum absolute atomic E-state index is 0.203. The number of rotatable bonds is 12. The van der Waals surface area contributed by atoms with Crippen LogP contribution in [-0.4, -0.2) is 63.9 Å². The van der Waals surface area contributed by atoms with Crippen LogP contribution >= 0.6 is 0 Å². The van der Waals surface area contributed by atoms with Crippen LogP contribution in [0, 0.1) is 0 Å². The first kappa shape index (κ1) is 20.3. The summed E-state index contributed by atoms with van der Waals surface area (Å²) in [5, 5.41) is 5.09. The van der Waals surface area contributed by atoms with Crippen LogP contribution in [0.5, 0.6) is 0 Å². The van der Waals surface area contributed by atoms with Crippen LogP contribution in [0.15, 0.2) is 0 Å². The van der Waals surface area contributed by atoms with Crippen molar-refractivity contribution in [2.24, 2.45) is 0 Å². The largest absolute Gasteiger partial charge is 0.464 e. The fourth-order valence-corrected chi connectivity index (χ4v) is 1.50. The molecule has 0 saturated heterocycles. The molecule has 0 aliphatic carbocycles. The molecule has 0 aromatic heterocycles. The van der Waals surface area contributed by atoms with Gasteiger partial charge in [0.2, 0.25) is 11.8 Å². The predicted molar refractivity (Wildman–Crippen MR) is 79.2 cm³/mol. The molecule has 2 amide bonds. The standard InChI is InChI=1S/C14H26N2O6/c1-4-22-14(19)11(2)16-13(18)10-21-9-12(17)15-7-5-6-8-20-3/h11H,4-10H2,1-3H3,(H,15,17)(H,16,18)/t11-/m1/s1. The highest BCUT2D eigenvalue weighted by Gasteiger charge is 2.16. The second-order valence-corrected chi connectivity index (χ2v) is 4.58. The quantitative estimate of drug-likeness (QED) is 0.375. The van der Waals surface area contributed by atoms with Crippen molar-refractivity contribution >= 4 is 17.8 Å². The van der Waals surface area contributed by atoms with E-state index in [-0.39, 0.29) is 25.7 Å². The average molecular weight is 318 g/mol. The Labute approximate surface area is 130 Å². The smallest absolute Gasteiger partial charge is 0.328 e. The van der Waals surface area contributed by atoms with Gasteiger partial charge in [0.15, 0.2) is 0 Å². The van der Waals surface area contributed by atoms with E-state index < -0.39 is 17.9 Å². The molecular formula is C14H26N2O6. The van der Waals surface area contributed by atoms with Crippen molar-refractivity contribution in [1.82, 2.24) is 10.6 Å². The Morgan fingerprint density at radius 1 is 1.09 bits per heavy atom. The van der Waals surface area contributed by atoms with Crippen molar-refractivity contribution in [2.45, 2.75) is 32.7 Å². The molecule has 1 atom stereocenters. The first-order chi connectivity index (χ1) is 10.5. The number of unbranched alkanes of at least 4 members (excludes halogenated alkanes) is 1. The van der Waals surface area contributed by atoms with Crippen molar-refractivity contribution < 1.29 is 28.6 Å². The summed E-state index contributed by atoms with van der Waals surface area (Å²) in [5.41, 5.74) is 0. The molecule has 0 aliphatic rings. The number of ether oxygens (including phenoxy) is 3. The Balaban J connectivity index is 3.66. The van der Waals surface area contributed by atoms with E-state index in [2.05, 4.69) is 10.6 Å². The Hall–Kier alpha value is -1.67. The van der Waals surface area contributed by atoms with Crippen LogP contribution < -0.4 is 10.6 Å². The van der Waals surface area contributed by atoms with E-state index in [9.17, 15) is 14.4 Å². The highest BCUT2D eigenvalue weighted by Crippen LogP contribution is 1.89. The second-order valence-electron chi connectivity index (χ2n) is 4.58. The second kappa shape index (κ2) is 13.0. The molecule has 0 rings (SSSR count). The average Bonchev–Trinajstić information content (AvgIpc) is 2.47. The topological polar surface area (TPSA) is 103 Å². The first-order valence-corrected chi connectivity index (χ1v) is 7.30. The van der Waals surface area contributed by atoms with Gasteiger partial charge in [0.05, 0.1) is 6.61 Å². The van der Waals surface area contributed by atoms with Gasteiger partial charge in [-0.1, -0.05) is 0 Å². The molecule has 0 bridgehead atoms. The monoisotopic (exact) mass is 318 g/mol. The van der Waals surface area contributed by atoms with Crippen molar-refractivity contribution in [2.75, 3.05) is 40.1 Å². The summed E-state index contributed by atoms with van der Waals surface area (Å²) in [6, 6.07) is -0.745. The summed E-state index contributed by atoms with van der Waals surface area (Å²) in [6.07, 6.45) is 1.68. The van der Waals surface area contributed by atoms with E-state index in [1.807, 2.05) is 0 Å². The molecule has 0 saturated carbocycles. The molecule has 0 aromatic rings. The molecule has 8 nitrogen and oxygen atoms in total. The lowest BCUT2D eigenvalue weighted by Gasteiger charge is -2.12. The number of amides is 2. The Bertz CT molecular complexity index is 348. The van der Waals surface area contributed by atoms with Crippen LogP contribution in [0.3, 0.4) is 0 Å². The third-order valence-corrected chi connectivity index (χ3v) is 2.58. The molecule has 0 unspecified atom stereocenters. The fourth-order valence-electron chi connectivity index (χ4n) is 1.50. The van der Waals surface area contributed by atoms with Crippen molar-refractivity contribution in [3.05, 3.63) is 0 Å². The van der Waals surface area contributed by atoms with Gasteiger partial charge < -0.3 is 24.8 Å². The summed E-state index contributed by atoms with van der Waals surface area (Å²) in [6.45, 7) is 4.15. The maximum absolute atomic E-state index is 11.5. The van der Waals surface area contributed by atoms with Gasteiger partial charge in [0.1, 0.15) is 19.3 Å². The summed E-state index contributed by atoms with van der Waals surface area (Å²) in [5.74, 6) is -1.28. The van der Waals surface area contributed by atoms with Gasteiger partial charge in [-0.15, -0.1) is 0 Å². The lowest BCUT2D eigenvalue weighted by molar-refractivity contribution is -0.147. The zero-order chi connectivity index (χ0) is 16.8. The number of methoxy groups -OCH3 is 1. The highest BCUT2D eigenvalue weighted by atomic mass is 16.5. The molecule has 22 heavy (non-hydrogen) atoms. The summed E-state index contributed by atoms with van der Waals surface area (Å²) in [4.78, 5) is 34.2. The molecule has 0 aliphatic heterocycles. The lowest BCUT2D eigenvalue weighted by atomic mass is 10.3. The van der Waals surface area contributed by atoms with Crippen LogP contribution in [0.25, 0.3) is 0 Å². The Morgan fingerprint density at radius 2 is 1.77 bits per heavy atom. The molecule has 0 radical (unpaired) electrons. The predicted octanol–water partition coefficient (Wildman–Crippen LogP) is -0.386. The fraction of sp³-hybridized carbons (Fsp3) is 0.786. The zero-order valence-corrected chi connectivity index (χ0v) is 13.5. The highest BCUT2D eigenvalue weighted by molar-refractivity contribution is 5.85. The molecule has 128 valence electrons. The lowest BCUT2D eigenvalue weighted by Crippen LogP contribution is -2.41. The van der Waals surface area contributed by atoms with Gasteiger partial charge >= 0.3 is 5.97 Å². The minimum Gasteiger partial charge on any atom is -0.464 e. The van der Waals surface area contributed by atoms with E-state index >= 15 is 0 Å². The van der Waals surface area contributed by atoms with Crippen LogP contribution in [-0.2, 0) is 28.6 Å². The van der Waals surface area contributed by atoms with E-state index in [0.717, 1.165) is 12.8 Å². The number of nitrogens with one attached hydrogen (secondary N) is 2. The molecular weight excluding hydrogens is 292 g/mol. The van der Waals surface area contributed by atoms with Crippen LogP contribution in [0.1, 0.15) is 26.7 Å². The first-order valence-electron chi connectivity index (χ1n) is 7.30. The molecule has 0 fully saturated rings. The van der Waals surface area contributed by atoms with Gasteiger partial charge in [-0.3, -0.25) is 9.59 Å². The van der Waals surface area contributed by atoms with Gasteiger partial charge in [0, 0.05) is 20.3 Å². The van der Waals surface area contributed by atoms with Crippen molar-refractivity contribution in [3.8, 4) is 0 Å². The summed E-state index contributed by atoms with van der Waals surface area (Å²) < 4.78 is 14.6. The van der Waals surface area contributed by atoms with Gasteiger partial charge in [-0.25, -0.2) is 4.79 Å². The molecule has 8 heteroatoms. The minimum atomic E-state index is -0.745. The third-order valence-electron chi connectivity index (χ3n) is 2.58. The summed E-state index contributed by atoms with van der Waals surface area (Å²) in [7, 11) is 1.63. The number of esters is 1. The Morgan fingerprint density at radius 3 is 2.41 bits per heavy atom. The SMILES string of the molecule is CCOC(=O)[C@@H](C)NC(=O)COCC(=O)NCCCCOC. The maximum atomic E-state index is 11.5. The van der Waals surface area contributed by atoms with Gasteiger partial charge in [-0.05, 0) is 26.7 Å². The zero-order valence-electron chi connectivity index (χ0n) is 13.5. The number of hydrogen-bond acceptors (Lipinski definition) is 6. The molecule has 0 spiro atoms. The van der Waals surface area contributed by atoms with Gasteiger partial charge in [-0.2, -0.15) is 0 Å². The number of hydrogen-bond donors (Lipinski definition) is 2. The van der Waals surface area contributed by atoms with Crippen LogP contribution in [0.2, 0.25) is 0 Å². The third kappa shape index (κ3) is 11.0. The number of carbonyl (C=O) groups excluding carboxylic acids is 3. The van der Waals surface area contributed by atoms with Crippen molar-refractivity contribution in [3.63, 3.8) is 0 Å². The molecule has 0 heterocycles. The summed E-state index contributed by atoms with van der Waals surface area (Å²) >= 11 is 0.